The third-order valence-corrected chi connectivity index (χ3v) is 11.0. The van der Waals surface area contributed by atoms with E-state index in [-0.39, 0.29) is 31.1 Å². The van der Waals surface area contributed by atoms with Crippen LogP contribution in [0.2, 0.25) is 0 Å². The molecule has 6 nitrogen and oxygen atoms in total. The molecule has 0 aliphatic carbocycles. The van der Waals surface area contributed by atoms with Crippen LogP contribution in [0.5, 0.6) is 0 Å². The molecule has 0 saturated heterocycles. The Morgan fingerprint density at radius 1 is 0.344 bits per heavy atom. The van der Waals surface area contributed by atoms with Crippen LogP contribution in [0.15, 0.2) is 60.8 Å². The molecule has 352 valence electrons. The van der Waals surface area contributed by atoms with Crippen molar-refractivity contribution >= 4 is 17.9 Å². The van der Waals surface area contributed by atoms with Gasteiger partial charge in [-0.1, -0.05) is 216 Å². The number of esters is 3. The first-order valence-electron chi connectivity index (χ1n) is 25.8. The molecule has 0 amide bonds. The zero-order valence-electron chi connectivity index (χ0n) is 40.2. The second-order valence-electron chi connectivity index (χ2n) is 17.1. The van der Waals surface area contributed by atoms with Crippen molar-refractivity contribution in [1.29, 1.82) is 0 Å². The number of rotatable bonds is 46. The van der Waals surface area contributed by atoms with E-state index in [1.807, 2.05) is 0 Å². The fourth-order valence-corrected chi connectivity index (χ4v) is 7.14. The molecule has 0 saturated carbocycles. The maximum Gasteiger partial charge on any atom is 0.306 e. The van der Waals surface area contributed by atoms with Gasteiger partial charge in [-0.2, -0.15) is 0 Å². The molecule has 0 bridgehead atoms. The average Bonchev–Trinajstić information content (AvgIpc) is 3.26. The van der Waals surface area contributed by atoms with Crippen LogP contribution in [0.4, 0.5) is 0 Å². The Morgan fingerprint density at radius 2 is 0.672 bits per heavy atom. The summed E-state index contributed by atoms with van der Waals surface area (Å²) in [5.41, 5.74) is 0. The van der Waals surface area contributed by atoms with Crippen molar-refractivity contribution in [3.63, 3.8) is 0 Å². The van der Waals surface area contributed by atoms with Gasteiger partial charge in [0.05, 0.1) is 0 Å². The zero-order valence-corrected chi connectivity index (χ0v) is 40.2. The van der Waals surface area contributed by atoms with E-state index in [9.17, 15) is 14.4 Å². The Bertz CT molecular complexity index is 1120. The van der Waals surface area contributed by atoms with Crippen molar-refractivity contribution < 1.29 is 28.6 Å². The van der Waals surface area contributed by atoms with Gasteiger partial charge in [-0.15, -0.1) is 0 Å². The number of carbonyl (C=O) groups excluding carboxylic acids is 3. The molecule has 61 heavy (non-hydrogen) atoms. The third-order valence-electron chi connectivity index (χ3n) is 11.0. The summed E-state index contributed by atoms with van der Waals surface area (Å²) in [6.07, 6.45) is 60.7. The SMILES string of the molecule is CC/C=C\C/C=C\C/C=C\C/C=C\CCCCCCCCCCCCC(=O)OCC(COC(=O)CCCCCCCCCCCC)OC(=O)CCCCCCC/C=C\CCC. The second kappa shape index (κ2) is 49.8. The zero-order chi connectivity index (χ0) is 44.4. The molecule has 0 aromatic carbocycles. The normalized spacial score (nSPS) is 12.5. The lowest BCUT2D eigenvalue weighted by Gasteiger charge is -2.18. The highest BCUT2D eigenvalue weighted by molar-refractivity contribution is 5.71. The van der Waals surface area contributed by atoms with Gasteiger partial charge >= 0.3 is 17.9 Å². The van der Waals surface area contributed by atoms with E-state index in [1.54, 1.807) is 0 Å². The lowest BCUT2D eigenvalue weighted by molar-refractivity contribution is -0.167. The van der Waals surface area contributed by atoms with Gasteiger partial charge in [0.25, 0.3) is 0 Å². The molecule has 0 radical (unpaired) electrons. The van der Waals surface area contributed by atoms with E-state index < -0.39 is 6.10 Å². The molecule has 0 fully saturated rings. The Balaban J connectivity index is 4.21. The standard InChI is InChI=1S/C55H96O6/c1-4-7-10-13-16-19-22-23-24-25-26-27-28-29-30-31-32-33-34-37-39-42-45-48-54(57)60-51-52(61-55(58)49-46-43-40-36-21-18-15-12-9-6-3)50-59-53(56)47-44-41-38-35-20-17-14-11-8-5-2/h7,10,12,15-16,19,23-24,26-27,52H,4-6,8-9,11,13-14,17-18,20-22,25,28-51H2,1-3H3/b10-7-,15-12-,19-16-,24-23-,27-26-. The van der Waals surface area contributed by atoms with E-state index in [0.29, 0.717) is 19.3 Å². The lowest BCUT2D eigenvalue weighted by Crippen LogP contribution is -2.30. The fourth-order valence-electron chi connectivity index (χ4n) is 7.14. The topological polar surface area (TPSA) is 78.9 Å². The molecule has 0 aromatic rings. The first-order chi connectivity index (χ1) is 30.0. The van der Waals surface area contributed by atoms with Gasteiger partial charge in [0.15, 0.2) is 6.10 Å². The van der Waals surface area contributed by atoms with Gasteiger partial charge in [-0.05, 0) is 77.0 Å². The van der Waals surface area contributed by atoms with Crippen molar-refractivity contribution in [2.24, 2.45) is 0 Å². The molecule has 0 heterocycles. The Hall–Kier alpha value is -2.89. The summed E-state index contributed by atoms with van der Waals surface area (Å²) in [4.78, 5) is 37.8. The van der Waals surface area contributed by atoms with Gasteiger partial charge in [-0.3, -0.25) is 14.4 Å². The van der Waals surface area contributed by atoms with E-state index in [0.717, 1.165) is 103 Å². The third kappa shape index (κ3) is 48.0. The minimum atomic E-state index is -0.775. The Kier molecular flexibility index (Phi) is 47.4. The molecule has 6 heteroatoms. The first kappa shape index (κ1) is 58.1. The van der Waals surface area contributed by atoms with Crippen molar-refractivity contribution in [3.05, 3.63) is 60.8 Å². The molecule has 0 N–H and O–H groups in total. The quantitative estimate of drug-likeness (QED) is 0.0263. The largest absolute Gasteiger partial charge is 0.462 e. The second-order valence-corrected chi connectivity index (χ2v) is 17.1. The maximum absolute atomic E-state index is 12.7. The summed E-state index contributed by atoms with van der Waals surface area (Å²) in [7, 11) is 0. The van der Waals surface area contributed by atoms with E-state index in [4.69, 9.17) is 14.2 Å². The first-order valence-corrected chi connectivity index (χ1v) is 25.8. The number of carbonyl (C=O) groups is 3. The maximum atomic E-state index is 12.7. The van der Waals surface area contributed by atoms with Gasteiger partial charge in [0, 0.05) is 19.3 Å². The molecule has 1 unspecified atom stereocenters. The Labute approximate surface area is 377 Å². The molecule has 0 spiro atoms. The van der Waals surface area contributed by atoms with Gasteiger partial charge in [0.2, 0.25) is 0 Å². The molecule has 0 aromatic heterocycles. The van der Waals surface area contributed by atoms with E-state index in [1.165, 1.54) is 109 Å². The van der Waals surface area contributed by atoms with Crippen LogP contribution in [0, 0.1) is 0 Å². The van der Waals surface area contributed by atoms with Crippen LogP contribution in [0.3, 0.4) is 0 Å². The summed E-state index contributed by atoms with van der Waals surface area (Å²) < 4.78 is 16.7. The van der Waals surface area contributed by atoms with E-state index in [2.05, 4.69) is 81.5 Å². The van der Waals surface area contributed by atoms with Crippen molar-refractivity contribution in [2.45, 2.75) is 258 Å². The summed E-state index contributed by atoms with van der Waals surface area (Å²) >= 11 is 0. The summed E-state index contributed by atoms with van der Waals surface area (Å²) in [5, 5.41) is 0. The minimum Gasteiger partial charge on any atom is -0.462 e. The predicted octanol–water partition coefficient (Wildman–Crippen LogP) is 16.9. The van der Waals surface area contributed by atoms with Crippen LogP contribution in [-0.4, -0.2) is 37.2 Å². The predicted molar refractivity (Wildman–Crippen MR) is 261 cm³/mol. The molecule has 0 aliphatic rings. The van der Waals surface area contributed by atoms with Gasteiger partial charge in [0.1, 0.15) is 13.2 Å². The van der Waals surface area contributed by atoms with Crippen molar-refractivity contribution in [3.8, 4) is 0 Å². The number of hydrogen-bond acceptors (Lipinski definition) is 6. The van der Waals surface area contributed by atoms with Crippen LogP contribution in [-0.2, 0) is 28.6 Å². The minimum absolute atomic E-state index is 0.0769. The number of unbranched alkanes of at least 4 members (excludes halogenated alkanes) is 25. The molecule has 1 atom stereocenters. The van der Waals surface area contributed by atoms with Crippen LogP contribution in [0.1, 0.15) is 252 Å². The summed E-state index contributed by atoms with van der Waals surface area (Å²) in [6, 6.07) is 0. The molecule has 0 rings (SSSR count). The average molecular weight is 853 g/mol. The fraction of sp³-hybridized carbons (Fsp3) is 0.764. The van der Waals surface area contributed by atoms with Crippen molar-refractivity contribution in [1.82, 2.24) is 0 Å². The highest BCUT2D eigenvalue weighted by atomic mass is 16.6. The number of ether oxygens (including phenoxy) is 3. The molecule has 0 aliphatic heterocycles. The van der Waals surface area contributed by atoms with Gasteiger partial charge in [-0.25, -0.2) is 0 Å². The highest BCUT2D eigenvalue weighted by Gasteiger charge is 2.19. The smallest absolute Gasteiger partial charge is 0.306 e. The van der Waals surface area contributed by atoms with E-state index >= 15 is 0 Å². The lowest BCUT2D eigenvalue weighted by atomic mass is 10.1. The number of hydrogen-bond donors (Lipinski definition) is 0. The Morgan fingerprint density at radius 3 is 1.08 bits per heavy atom. The molecular weight excluding hydrogens is 757 g/mol. The summed E-state index contributed by atoms with van der Waals surface area (Å²) in [5.74, 6) is -0.891. The van der Waals surface area contributed by atoms with Crippen LogP contribution in [0.25, 0.3) is 0 Å². The monoisotopic (exact) mass is 853 g/mol. The van der Waals surface area contributed by atoms with Crippen LogP contribution < -0.4 is 0 Å². The number of allylic oxidation sites excluding steroid dienone is 10. The van der Waals surface area contributed by atoms with Crippen LogP contribution >= 0.6 is 0 Å². The van der Waals surface area contributed by atoms with Gasteiger partial charge < -0.3 is 14.2 Å². The highest BCUT2D eigenvalue weighted by Crippen LogP contribution is 2.15. The van der Waals surface area contributed by atoms with Crippen molar-refractivity contribution in [2.75, 3.05) is 13.2 Å². The molecular formula is C55H96O6. The summed E-state index contributed by atoms with van der Waals surface area (Å²) in [6.45, 7) is 6.44.